The van der Waals surface area contributed by atoms with E-state index in [0.29, 0.717) is 19.8 Å². The highest BCUT2D eigenvalue weighted by Crippen LogP contribution is 2.46. The summed E-state index contributed by atoms with van der Waals surface area (Å²) in [7, 11) is 1.83. The molecule has 0 amide bonds. The van der Waals surface area contributed by atoms with Gasteiger partial charge in [0, 0.05) is 44.2 Å². The van der Waals surface area contributed by atoms with Gasteiger partial charge in [0.25, 0.3) is 0 Å². The quantitative estimate of drug-likeness (QED) is 0.387. The van der Waals surface area contributed by atoms with Gasteiger partial charge in [-0.3, -0.25) is 9.89 Å². The van der Waals surface area contributed by atoms with Gasteiger partial charge >= 0.3 is 0 Å². The molecule has 1 aromatic rings. The van der Waals surface area contributed by atoms with Gasteiger partial charge in [0.05, 0.1) is 19.3 Å². The fraction of sp³-hybridized carbons (Fsp3) is 0.667. The largest absolute Gasteiger partial charge is 0.379 e. The van der Waals surface area contributed by atoms with Crippen molar-refractivity contribution in [2.45, 2.75) is 39.3 Å². The highest BCUT2D eigenvalue weighted by atomic mass is 127. The van der Waals surface area contributed by atoms with E-state index < -0.39 is 0 Å². The van der Waals surface area contributed by atoms with Crippen LogP contribution in [0, 0.1) is 11.2 Å². The monoisotopic (exact) mass is 504 g/mol. The second kappa shape index (κ2) is 9.26. The Hall–Kier alpha value is -0.930. The lowest BCUT2D eigenvalue weighted by Gasteiger charge is -2.62. The first-order chi connectivity index (χ1) is 12.8. The van der Waals surface area contributed by atoms with Crippen LogP contribution in [0.2, 0.25) is 0 Å². The summed E-state index contributed by atoms with van der Waals surface area (Å²) >= 11 is 0. The van der Waals surface area contributed by atoms with Crippen molar-refractivity contribution in [3.8, 4) is 0 Å². The van der Waals surface area contributed by atoms with Crippen LogP contribution in [0.5, 0.6) is 0 Å². The Morgan fingerprint density at radius 2 is 1.93 bits per heavy atom. The number of benzene rings is 1. The molecule has 0 radical (unpaired) electrons. The molecule has 0 bridgehead atoms. The Morgan fingerprint density at radius 3 is 2.46 bits per heavy atom. The second-order valence-corrected chi connectivity index (χ2v) is 8.68. The lowest BCUT2D eigenvalue weighted by molar-refractivity contribution is -0.0670. The number of likely N-dealkylation sites (tertiary alicyclic amines) is 1. The van der Waals surface area contributed by atoms with Crippen LogP contribution in [0.4, 0.5) is 4.39 Å². The summed E-state index contributed by atoms with van der Waals surface area (Å²) < 4.78 is 19.3. The van der Waals surface area contributed by atoms with E-state index in [2.05, 4.69) is 47.8 Å². The molecule has 158 valence electrons. The molecule has 2 aliphatic heterocycles. The fourth-order valence-electron chi connectivity index (χ4n) is 3.94. The summed E-state index contributed by atoms with van der Waals surface area (Å²) in [5, 5.41) is 3.55. The van der Waals surface area contributed by atoms with Crippen LogP contribution in [0.25, 0.3) is 0 Å². The first kappa shape index (κ1) is 23.3. The molecule has 1 N–H and O–H groups in total. The minimum absolute atomic E-state index is 0. The molecule has 3 rings (SSSR count). The molecule has 0 saturated carbocycles. The predicted molar refractivity (Wildman–Crippen MR) is 123 cm³/mol. The third-order valence-corrected chi connectivity index (χ3v) is 6.53. The zero-order chi connectivity index (χ0) is 19.7. The second-order valence-electron chi connectivity index (χ2n) is 8.68. The van der Waals surface area contributed by atoms with Crippen molar-refractivity contribution in [3.05, 3.63) is 35.6 Å². The van der Waals surface area contributed by atoms with Crippen molar-refractivity contribution in [2.24, 2.45) is 10.4 Å². The van der Waals surface area contributed by atoms with Crippen molar-refractivity contribution in [1.29, 1.82) is 0 Å². The number of aliphatic imine (C=N–C) groups is 1. The van der Waals surface area contributed by atoms with Gasteiger partial charge in [0.2, 0.25) is 0 Å². The van der Waals surface area contributed by atoms with Crippen molar-refractivity contribution in [1.82, 2.24) is 15.1 Å². The van der Waals surface area contributed by atoms with E-state index >= 15 is 0 Å². The number of hydrogen-bond donors (Lipinski definition) is 1. The summed E-state index contributed by atoms with van der Waals surface area (Å²) in [6.07, 6.45) is 0. The van der Waals surface area contributed by atoms with E-state index in [0.717, 1.165) is 31.2 Å². The summed E-state index contributed by atoms with van der Waals surface area (Å²) in [6.45, 7) is 13.9. The normalized spacial score (nSPS) is 22.8. The van der Waals surface area contributed by atoms with Crippen LogP contribution in [0.1, 0.15) is 39.3 Å². The predicted octanol–water partition coefficient (Wildman–Crippen LogP) is 3.51. The Balaban J connectivity index is 0.00000280. The minimum Gasteiger partial charge on any atom is -0.379 e. The van der Waals surface area contributed by atoms with E-state index in [-0.39, 0.29) is 46.8 Å². The van der Waals surface area contributed by atoms with Gasteiger partial charge in [-0.05, 0) is 31.5 Å². The molecule has 1 unspecified atom stereocenters. The van der Waals surface area contributed by atoms with Gasteiger partial charge in [0.1, 0.15) is 5.82 Å². The maximum atomic E-state index is 13.8. The lowest BCUT2D eigenvalue weighted by Crippen LogP contribution is -2.72. The molecule has 2 saturated heterocycles. The summed E-state index contributed by atoms with van der Waals surface area (Å²) in [5.74, 6) is 0.717. The average Bonchev–Trinajstić information content (AvgIpc) is 2.65. The molecular weight excluding hydrogens is 470 g/mol. The number of halogens is 2. The van der Waals surface area contributed by atoms with E-state index in [9.17, 15) is 4.39 Å². The Labute approximate surface area is 185 Å². The molecule has 7 heteroatoms. The van der Waals surface area contributed by atoms with Crippen molar-refractivity contribution >= 4 is 29.9 Å². The standard InChI is InChI=1S/C21H33FN4O.HI/c1-20(2)15-26(21(20,3)4)19(23-5)24-14-18(25-9-11-27-12-10-25)16-7-6-8-17(22)13-16;/h6-8,13,18H,9-12,14-15H2,1-5H3,(H,23,24);1H. The first-order valence-electron chi connectivity index (χ1n) is 9.82. The Morgan fingerprint density at radius 1 is 1.25 bits per heavy atom. The third kappa shape index (κ3) is 4.62. The molecule has 0 spiro atoms. The number of nitrogens with one attached hydrogen (secondary N) is 1. The Kier molecular flexibility index (Phi) is 7.72. The van der Waals surface area contributed by atoms with Gasteiger partial charge in [-0.25, -0.2) is 4.39 Å². The molecule has 5 nitrogen and oxygen atoms in total. The van der Waals surface area contributed by atoms with E-state index in [4.69, 9.17) is 4.74 Å². The number of guanidine groups is 1. The number of rotatable bonds is 4. The molecule has 28 heavy (non-hydrogen) atoms. The highest BCUT2D eigenvalue weighted by Gasteiger charge is 2.53. The molecule has 1 aromatic carbocycles. The maximum absolute atomic E-state index is 13.8. The summed E-state index contributed by atoms with van der Waals surface area (Å²) in [6, 6.07) is 7.01. The molecule has 2 aliphatic rings. The van der Waals surface area contributed by atoms with Crippen LogP contribution >= 0.6 is 24.0 Å². The van der Waals surface area contributed by atoms with Crippen molar-refractivity contribution in [3.63, 3.8) is 0 Å². The molecule has 2 heterocycles. The maximum Gasteiger partial charge on any atom is 0.194 e. The highest BCUT2D eigenvalue weighted by molar-refractivity contribution is 14.0. The van der Waals surface area contributed by atoms with Crippen LogP contribution in [-0.2, 0) is 4.74 Å². The van der Waals surface area contributed by atoms with Crippen LogP contribution in [-0.4, -0.2) is 67.7 Å². The van der Waals surface area contributed by atoms with Gasteiger partial charge in [0.15, 0.2) is 5.96 Å². The number of hydrogen-bond acceptors (Lipinski definition) is 3. The topological polar surface area (TPSA) is 40.1 Å². The zero-order valence-corrected chi connectivity index (χ0v) is 20.0. The van der Waals surface area contributed by atoms with Gasteiger partial charge in [-0.1, -0.05) is 26.0 Å². The van der Waals surface area contributed by atoms with Crippen LogP contribution in [0.15, 0.2) is 29.3 Å². The van der Waals surface area contributed by atoms with E-state index in [1.807, 2.05) is 13.1 Å². The van der Waals surface area contributed by atoms with Crippen molar-refractivity contribution in [2.75, 3.05) is 46.4 Å². The molecule has 0 aromatic heterocycles. The summed E-state index contributed by atoms with van der Waals surface area (Å²) in [4.78, 5) is 9.21. The van der Waals surface area contributed by atoms with Crippen LogP contribution < -0.4 is 5.32 Å². The van der Waals surface area contributed by atoms with Gasteiger partial charge < -0.3 is 15.0 Å². The molecule has 1 atom stereocenters. The first-order valence-corrected chi connectivity index (χ1v) is 9.82. The lowest BCUT2D eigenvalue weighted by atomic mass is 9.65. The third-order valence-electron chi connectivity index (χ3n) is 6.53. The number of morpholine rings is 1. The molecule has 0 aliphatic carbocycles. The summed E-state index contributed by atoms with van der Waals surface area (Å²) in [5.41, 5.74) is 1.28. The van der Waals surface area contributed by atoms with Crippen LogP contribution in [0.3, 0.4) is 0 Å². The van der Waals surface area contributed by atoms with Gasteiger partial charge in [-0.15, -0.1) is 24.0 Å². The van der Waals surface area contributed by atoms with E-state index in [1.54, 1.807) is 12.1 Å². The number of nitrogens with zero attached hydrogens (tertiary/aromatic N) is 3. The fourth-order valence-corrected chi connectivity index (χ4v) is 3.94. The van der Waals surface area contributed by atoms with Crippen molar-refractivity contribution < 1.29 is 9.13 Å². The molecular formula is C21H34FIN4O. The molecule has 2 fully saturated rings. The minimum atomic E-state index is -0.194. The Bertz CT molecular complexity index is 689. The van der Waals surface area contributed by atoms with Gasteiger partial charge in [-0.2, -0.15) is 0 Å². The average molecular weight is 504 g/mol. The smallest absolute Gasteiger partial charge is 0.194 e. The number of ether oxygens (including phenoxy) is 1. The zero-order valence-electron chi connectivity index (χ0n) is 17.7. The van der Waals surface area contributed by atoms with E-state index in [1.165, 1.54) is 6.07 Å². The SMILES string of the molecule is CN=C(NCC(c1cccc(F)c1)N1CCOCC1)N1CC(C)(C)C1(C)C.I.